The first kappa shape index (κ1) is 26.8. The van der Waals surface area contributed by atoms with Crippen LogP contribution in [0.3, 0.4) is 0 Å². The van der Waals surface area contributed by atoms with Crippen LogP contribution in [0.4, 0.5) is 13.2 Å². The Morgan fingerprint density at radius 2 is 1.86 bits per heavy atom. The van der Waals surface area contributed by atoms with Gasteiger partial charge in [0, 0.05) is 49.7 Å². The molecule has 0 aliphatic carbocycles. The average molecular weight is 500 g/mol. The molecule has 3 fully saturated rings. The third-order valence-corrected chi connectivity index (χ3v) is 6.94. The maximum Gasteiger partial charge on any atom is 0.490 e. The lowest BCUT2D eigenvalue weighted by Gasteiger charge is -2.43. The molecule has 0 saturated carbocycles. The van der Waals surface area contributed by atoms with Crippen LogP contribution in [0.1, 0.15) is 37.0 Å². The lowest BCUT2D eigenvalue weighted by atomic mass is 9.75. The van der Waals surface area contributed by atoms with E-state index in [1.807, 2.05) is 23.1 Å². The fourth-order valence-electron chi connectivity index (χ4n) is 5.35. The van der Waals surface area contributed by atoms with Gasteiger partial charge in [0.2, 0.25) is 5.91 Å². The number of methoxy groups -OCH3 is 1. The van der Waals surface area contributed by atoms with Crippen LogP contribution >= 0.6 is 0 Å². The number of carboxylic acid groups (broad SMARTS) is 1. The molecule has 11 heteroatoms. The topological polar surface area (TPSA) is 99.2 Å². The molecule has 1 aromatic rings. The second kappa shape index (κ2) is 10.4. The van der Waals surface area contributed by atoms with Gasteiger partial charge in [0.05, 0.1) is 13.0 Å². The van der Waals surface area contributed by atoms with Gasteiger partial charge in [-0.25, -0.2) is 4.79 Å². The number of fused-ring (bicyclic) bond motifs is 2. The van der Waals surface area contributed by atoms with E-state index in [2.05, 4.69) is 24.1 Å². The number of hydrogen-bond acceptors (Lipinski definition) is 5. The predicted octanol–water partition coefficient (Wildman–Crippen LogP) is 2.64. The van der Waals surface area contributed by atoms with E-state index < -0.39 is 12.1 Å². The molecule has 1 spiro atoms. The fraction of sp³-hybridized carbons (Fsp3) is 0.625. The number of carbonyl (C=O) groups is 3. The summed E-state index contributed by atoms with van der Waals surface area (Å²) in [5.41, 5.74) is 0.520. The minimum absolute atomic E-state index is 0.0440. The van der Waals surface area contributed by atoms with Crippen LogP contribution in [0.15, 0.2) is 24.3 Å². The Morgan fingerprint density at radius 3 is 2.40 bits per heavy atom. The number of aliphatic carboxylic acids is 1. The predicted molar refractivity (Wildman–Crippen MR) is 121 cm³/mol. The number of amides is 2. The zero-order valence-electron chi connectivity index (χ0n) is 20.1. The summed E-state index contributed by atoms with van der Waals surface area (Å²) in [4.78, 5) is 38.8. The quantitative estimate of drug-likeness (QED) is 0.661. The Labute approximate surface area is 202 Å². The van der Waals surface area contributed by atoms with Crippen molar-refractivity contribution in [1.82, 2.24) is 15.1 Å². The minimum atomic E-state index is -5.08. The van der Waals surface area contributed by atoms with E-state index in [1.165, 1.54) is 0 Å². The fourth-order valence-corrected chi connectivity index (χ4v) is 5.35. The Hall–Kier alpha value is -2.82. The number of hydrogen-bond donors (Lipinski definition) is 2. The molecule has 0 radical (unpaired) electrons. The first-order chi connectivity index (χ1) is 16.4. The number of piperidine rings is 1. The van der Waals surface area contributed by atoms with Crippen LogP contribution in [0.25, 0.3) is 0 Å². The summed E-state index contributed by atoms with van der Waals surface area (Å²) < 4.78 is 37.0. The number of rotatable bonds is 4. The molecule has 2 atom stereocenters. The lowest BCUT2D eigenvalue weighted by Crippen LogP contribution is -2.56. The summed E-state index contributed by atoms with van der Waals surface area (Å²) in [5.74, 6) is -0.715. The van der Waals surface area contributed by atoms with Crippen LogP contribution in [0, 0.1) is 17.8 Å². The standard InChI is InChI=1S/C22H31N3O3.C2HF3O2/c1-15(2)12-24-13-18-19(14-24)22(23-20(18)26)7-9-25(10-8-22)21(27)16-5-4-6-17(11-16)28-3;3-2(4,5)1(6)7/h4-6,11,15,18-19H,7-10,12-14H2,1-3H3,(H,23,26);(H,6,7)/t18-,19+;/m1./s1. The Balaban J connectivity index is 0.000000429. The highest BCUT2D eigenvalue weighted by atomic mass is 19.4. The molecule has 3 aliphatic heterocycles. The molecule has 0 bridgehead atoms. The number of ether oxygens (including phenoxy) is 1. The number of halogens is 3. The zero-order valence-corrected chi connectivity index (χ0v) is 20.1. The van der Waals surface area contributed by atoms with Gasteiger partial charge in [-0.1, -0.05) is 19.9 Å². The van der Waals surface area contributed by atoms with Gasteiger partial charge in [0.1, 0.15) is 5.75 Å². The molecule has 3 saturated heterocycles. The first-order valence-electron chi connectivity index (χ1n) is 11.6. The third-order valence-electron chi connectivity index (χ3n) is 6.94. The first-order valence-corrected chi connectivity index (χ1v) is 11.6. The van der Waals surface area contributed by atoms with Crippen molar-refractivity contribution >= 4 is 17.8 Å². The second-order valence-corrected chi connectivity index (χ2v) is 9.80. The molecule has 194 valence electrons. The highest BCUT2D eigenvalue weighted by Gasteiger charge is 2.57. The number of nitrogens with zero attached hydrogens (tertiary/aromatic N) is 2. The Kier molecular flexibility index (Phi) is 7.98. The van der Waals surface area contributed by atoms with Crippen LogP contribution in [0.5, 0.6) is 5.75 Å². The summed E-state index contributed by atoms with van der Waals surface area (Å²) in [6.07, 6.45) is -3.41. The van der Waals surface area contributed by atoms with E-state index in [4.69, 9.17) is 14.6 Å². The zero-order chi connectivity index (χ0) is 26.0. The molecular formula is C24H32F3N3O5. The largest absolute Gasteiger partial charge is 0.497 e. The number of benzene rings is 1. The van der Waals surface area contributed by atoms with Crippen molar-refractivity contribution in [2.24, 2.45) is 17.8 Å². The molecule has 35 heavy (non-hydrogen) atoms. The molecule has 1 aromatic carbocycles. The summed E-state index contributed by atoms with van der Waals surface area (Å²) in [6.45, 7) is 8.75. The summed E-state index contributed by atoms with van der Waals surface area (Å²) in [7, 11) is 1.61. The Bertz CT molecular complexity index is 945. The van der Waals surface area contributed by atoms with Crippen LogP contribution in [-0.4, -0.2) is 84.2 Å². The Morgan fingerprint density at radius 1 is 1.23 bits per heavy atom. The van der Waals surface area contributed by atoms with Crippen LogP contribution in [-0.2, 0) is 9.59 Å². The highest BCUT2D eigenvalue weighted by molar-refractivity contribution is 5.94. The van der Waals surface area contributed by atoms with Gasteiger partial charge in [0.15, 0.2) is 0 Å². The van der Waals surface area contributed by atoms with E-state index in [0.29, 0.717) is 36.2 Å². The van der Waals surface area contributed by atoms with Gasteiger partial charge < -0.3 is 25.0 Å². The van der Waals surface area contributed by atoms with E-state index in [1.54, 1.807) is 13.2 Å². The van der Waals surface area contributed by atoms with E-state index in [-0.39, 0.29) is 23.3 Å². The molecule has 3 aliphatic rings. The molecule has 3 heterocycles. The monoisotopic (exact) mass is 499 g/mol. The van der Waals surface area contributed by atoms with Crippen molar-refractivity contribution in [2.45, 2.75) is 38.4 Å². The third kappa shape index (κ3) is 6.06. The van der Waals surface area contributed by atoms with Crippen molar-refractivity contribution in [3.05, 3.63) is 29.8 Å². The summed E-state index contributed by atoms with van der Waals surface area (Å²) in [6, 6.07) is 7.32. The van der Waals surface area contributed by atoms with Gasteiger partial charge >= 0.3 is 12.1 Å². The smallest absolute Gasteiger partial charge is 0.490 e. The molecule has 2 amide bonds. The van der Waals surface area contributed by atoms with E-state index >= 15 is 0 Å². The number of nitrogens with one attached hydrogen (secondary N) is 1. The lowest BCUT2D eigenvalue weighted by molar-refractivity contribution is -0.192. The van der Waals surface area contributed by atoms with Gasteiger partial charge in [-0.15, -0.1) is 0 Å². The molecule has 8 nitrogen and oxygen atoms in total. The molecule has 4 rings (SSSR count). The van der Waals surface area contributed by atoms with Gasteiger partial charge in [-0.3, -0.25) is 9.59 Å². The molecule has 0 aromatic heterocycles. The van der Waals surface area contributed by atoms with Crippen LogP contribution in [0.2, 0.25) is 0 Å². The summed E-state index contributed by atoms with van der Waals surface area (Å²) in [5, 5.41) is 10.5. The summed E-state index contributed by atoms with van der Waals surface area (Å²) >= 11 is 0. The maximum absolute atomic E-state index is 12.9. The number of carboxylic acids is 1. The van der Waals surface area contributed by atoms with Crippen molar-refractivity contribution in [2.75, 3.05) is 39.8 Å². The number of likely N-dealkylation sites (tertiary alicyclic amines) is 2. The number of carbonyl (C=O) groups excluding carboxylic acids is 2. The molecule has 0 unspecified atom stereocenters. The van der Waals surface area contributed by atoms with Crippen molar-refractivity contribution < 1.29 is 37.4 Å². The SMILES string of the molecule is COc1cccc(C(=O)N2CCC3(CC2)NC(=O)[C@@H]2CN(CC(C)C)C[C@@H]23)c1.O=C(O)C(F)(F)F. The van der Waals surface area contributed by atoms with Crippen molar-refractivity contribution in [3.8, 4) is 5.75 Å². The van der Waals surface area contributed by atoms with E-state index in [9.17, 15) is 22.8 Å². The minimum Gasteiger partial charge on any atom is -0.497 e. The average Bonchev–Trinajstić information content (AvgIpc) is 3.32. The van der Waals surface area contributed by atoms with Crippen molar-refractivity contribution in [1.29, 1.82) is 0 Å². The number of alkyl halides is 3. The van der Waals surface area contributed by atoms with Crippen LogP contribution < -0.4 is 10.1 Å². The normalized spacial score (nSPS) is 23.5. The molecular weight excluding hydrogens is 467 g/mol. The maximum atomic E-state index is 12.9. The van der Waals surface area contributed by atoms with Crippen molar-refractivity contribution in [3.63, 3.8) is 0 Å². The molecule has 2 N–H and O–H groups in total. The van der Waals surface area contributed by atoms with E-state index in [0.717, 1.165) is 32.5 Å². The second-order valence-electron chi connectivity index (χ2n) is 9.80. The van der Waals surface area contributed by atoms with Gasteiger partial charge in [0.25, 0.3) is 5.91 Å². The van der Waals surface area contributed by atoms with Gasteiger partial charge in [-0.05, 0) is 37.0 Å². The highest BCUT2D eigenvalue weighted by Crippen LogP contribution is 2.44. The van der Waals surface area contributed by atoms with Gasteiger partial charge in [-0.2, -0.15) is 13.2 Å².